The Labute approximate surface area is 678 Å². The molecule has 552 valence electrons. The van der Waals surface area contributed by atoms with Crippen molar-refractivity contribution in [3.05, 3.63) is 413 Å². The first-order chi connectivity index (χ1) is 55.0. The van der Waals surface area contributed by atoms with Gasteiger partial charge in [0.2, 0.25) is 0 Å². The highest BCUT2D eigenvalue weighted by atomic mass is 79.9. The molecule has 0 atom stereocenters. The number of para-hydroxylation sites is 4. The van der Waals surface area contributed by atoms with E-state index in [-0.39, 0.29) is 29.1 Å². The molecule has 4 aliphatic carbocycles. The number of nitrogens with zero attached hydrogens (tertiary/aromatic N) is 3. The first-order valence-electron chi connectivity index (χ1n) is 39.6. The predicted octanol–water partition coefficient (Wildman–Crippen LogP) is 30.4. The van der Waals surface area contributed by atoms with Crippen LogP contribution in [0.4, 0.5) is 28.4 Å². The summed E-state index contributed by atoms with van der Waals surface area (Å²) in [5.41, 5.74) is 39.7. The van der Waals surface area contributed by atoms with Gasteiger partial charge in [0, 0.05) is 87.5 Å². The quantitative estimate of drug-likeness (QED) is 0.156. The number of halogens is 1. The number of nitrogens with one attached hydrogen (secondary N) is 1. The second-order valence-corrected chi connectivity index (χ2v) is 33.9. The largest absolute Gasteiger partial charge is 0.356 e. The lowest BCUT2D eigenvalue weighted by molar-refractivity contribution is 0.660. The molecule has 114 heavy (non-hydrogen) atoms. The third kappa shape index (κ3) is 11.6. The third-order valence-electron chi connectivity index (χ3n) is 25.1. The van der Waals surface area contributed by atoms with Gasteiger partial charge >= 0.3 is 0 Å². The average Bonchev–Trinajstić information content (AvgIpc) is 1.64. The van der Waals surface area contributed by atoms with E-state index in [0.717, 1.165) is 32.9 Å². The number of aromatic nitrogens is 2. The zero-order valence-electron chi connectivity index (χ0n) is 64.9. The zero-order valence-corrected chi connectivity index (χ0v) is 66.4. The smallest absolute Gasteiger partial charge is 0.0541 e. The molecule has 0 fully saturated rings. The standard InChI is InChI=1S/C54H42N2.C39H30N2.C15H13Br.CH4/c1-53(2)48-20-12-9-17-42(48)45-33-39(28-30-49(45)53)55(40-27-29-43-41-16-8-11-19-47(41)54(3,4)50(43)34-40)38-25-22-35(23-26-38)36-24-31-52-46(32-36)44-18-10-13-21-51(44)56(52)37-14-6-5-7-15-37;1-39(2)35-14-8-6-12-31(35)33-25-29(21-22-36(33)39)40-28-19-16-26(17-20-28)27-18-23-38-34(24-27)32-13-7-9-15-37(32)41(38)30-10-4-3-5-11-30;1-15(2)13-6-4-3-5-11(13)12-8-7-10(16)9-14(12)15;/h5-34H,1-4H3;3-25,40H,1-2H3;3-9H,1-2H3;1H4. The van der Waals surface area contributed by atoms with Gasteiger partial charge < -0.3 is 19.4 Å². The Morgan fingerprint density at radius 2 is 0.570 bits per heavy atom. The maximum atomic E-state index is 3.64. The molecule has 0 amide bonds. The number of hydrogen-bond acceptors (Lipinski definition) is 2. The van der Waals surface area contributed by atoms with E-state index in [1.54, 1.807) is 0 Å². The summed E-state index contributed by atoms with van der Waals surface area (Å²) in [6, 6.07) is 133. The highest BCUT2D eigenvalue weighted by Gasteiger charge is 2.40. The maximum absolute atomic E-state index is 3.64. The SMILES string of the molecule is C.CC1(C)c2ccccc2-c2cc(N(c3ccc(-c4ccc5c(c4)c4ccccc4n5-c4ccccc4)cc3)c3ccc4c(c3)C(C)(C)c3ccccc3-4)ccc21.CC1(C)c2ccccc2-c2cc(Nc3ccc(-c4ccc5c(c4)c4ccccc4n5-c4ccccc4)cc3)ccc21.CC1(C)c2ccccc2-c2ccc(Br)cc21. The first kappa shape index (κ1) is 71.5. The summed E-state index contributed by atoms with van der Waals surface area (Å²) in [5.74, 6) is 0. The highest BCUT2D eigenvalue weighted by molar-refractivity contribution is 9.10. The first-order valence-corrected chi connectivity index (χ1v) is 40.4. The summed E-state index contributed by atoms with van der Waals surface area (Å²) in [4.78, 5) is 2.45. The van der Waals surface area contributed by atoms with Crippen LogP contribution >= 0.6 is 15.9 Å². The van der Waals surface area contributed by atoms with E-state index < -0.39 is 0 Å². The molecule has 2 aromatic heterocycles. The van der Waals surface area contributed by atoms with Crippen LogP contribution < -0.4 is 10.2 Å². The van der Waals surface area contributed by atoms with Crippen LogP contribution in [0.15, 0.2) is 368 Å². The molecule has 0 saturated heterocycles. The van der Waals surface area contributed by atoms with Gasteiger partial charge in [0.15, 0.2) is 0 Å². The molecule has 0 aliphatic heterocycles. The summed E-state index contributed by atoms with van der Waals surface area (Å²) in [5, 5.41) is 8.71. The maximum Gasteiger partial charge on any atom is 0.0541 e. The monoisotopic (exact) mass is 1530 g/mol. The lowest BCUT2D eigenvalue weighted by atomic mass is 9.82. The van der Waals surface area contributed by atoms with Crippen molar-refractivity contribution in [1.82, 2.24) is 9.13 Å². The van der Waals surface area contributed by atoms with Crippen LogP contribution in [0.5, 0.6) is 0 Å². The minimum atomic E-state index is -0.0966. The Bertz CT molecular complexity index is 6830. The van der Waals surface area contributed by atoms with Gasteiger partial charge in [-0.2, -0.15) is 0 Å². The van der Waals surface area contributed by atoms with E-state index in [1.165, 1.54) is 166 Å². The van der Waals surface area contributed by atoms with E-state index in [0.29, 0.717) is 0 Å². The normalized spacial score (nSPS) is 14.0. The summed E-state index contributed by atoms with van der Waals surface area (Å²) in [6.45, 7) is 18.7. The van der Waals surface area contributed by atoms with E-state index in [2.05, 4.69) is 455 Å². The van der Waals surface area contributed by atoms with E-state index in [4.69, 9.17) is 0 Å². The molecule has 22 rings (SSSR count). The van der Waals surface area contributed by atoms with Crippen LogP contribution in [0.1, 0.15) is 107 Å². The van der Waals surface area contributed by atoms with Crippen molar-refractivity contribution >= 4 is 88.0 Å². The molecule has 4 nitrogen and oxygen atoms in total. The van der Waals surface area contributed by atoms with Gasteiger partial charge in [-0.05, 0) is 245 Å². The highest BCUT2D eigenvalue weighted by Crippen LogP contribution is 2.55. The van der Waals surface area contributed by atoms with Crippen molar-refractivity contribution in [1.29, 1.82) is 0 Å². The molecule has 0 saturated carbocycles. The minimum absolute atomic E-state index is 0. The van der Waals surface area contributed by atoms with Crippen molar-refractivity contribution in [2.24, 2.45) is 0 Å². The van der Waals surface area contributed by atoms with Crippen LogP contribution in [0.3, 0.4) is 0 Å². The fourth-order valence-electron chi connectivity index (χ4n) is 19.3. The number of hydrogen-bond donors (Lipinski definition) is 1. The molecule has 18 aromatic rings. The van der Waals surface area contributed by atoms with Gasteiger partial charge in [-0.1, -0.05) is 309 Å². The Hall–Kier alpha value is -12.8. The lowest BCUT2D eigenvalue weighted by Crippen LogP contribution is -2.17. The molecule has 0 spiro atoms. The Kier molecular flexibility index (Phi) is 17.3. The molecular weight excluding hydrogens is 1450 g/mol. The summed E-state index contributed by atoms with van der Waals surface area (Å²) >= 11 is 3.56. The van der Waals surface area contributed by atoms with Crippen LogP contribution in [0.25, 0.3) is 122 Å². The van der Waals surface area contributed by atoms with Gasteiger partial charge in [0.05, 0.1) is 22.1 Å². The summed E-state index contributed by atoms with van der Waals surface area (Å²) < 4.78 is 5.90. The molecule has 5 heteroatoms. The van der Waals surface area contributed by atoms with Crippen LogP contribution in [0.2, 0.25) is 0 Å². The zero-order chi connectivity index (χ0) is 76.7. The van der Waals surface area contributed by atoms with Gasteiger partial charge in [-0.25, -0.2) is 0 Å². The average molecular weight is 1530 g/mol. The Morgan fingerprint density at radius 3 is 1.07 bits per heavy atom. The van der Waals surface area contributed by atoms with Crippen molar-refractivity contribution in [3.8, 4) is 78.1 Å². The predicted molar refractivity (Wildman–Crippen MR) is 488 cm³/mol. The van der Waals surface area contributed by atoms with Crippen LogP contribution in [0, 0.1) is 0 Å². The van der Waals surface area contributed by atoms with Gasteiger partial charge in [-0.15, -0.1) is 0 Å². The van der Waals surface area contributed by atoms with Crippen LogP contribution in [-0.2, 0) is 21.7 Å². The van der Waals surface area contributed by atoms with E-state index in [1.807, 2.05) is 0 Å². The molecule has 0 bridgehead atoms. The number of benzene rings is 16. The summed E-state index contributed by atoms with van der Waals surface area (Å²) in [6.07, 6.45) is 0. The topological polar surface area (TPSA) is 25.1 Å². The third-order valence-corrected chi connectivity index (χ3v) is 25.6. The molecular formula is C109H89BrN4. The molecule has 4 aliphatic rings. The van der Waals surface area contributed by atoms with Crippen molar-refractivity contribution in [2.45, 2.75) is 84.5 Å². The van der Waals surface area contributed by atoms with Gasteiger partial charge in [0.1, 0.15) is 0 Å². The second kappa shape index (κ2) is 27.5. The molecule has 1 N–H and O–H groups in total. The Balaban J connectivity index is 0.000000131. The molecule has 16 aromatic carbocycles. The Morgan fingerprint density at radius 1 is 0.237 bits per heavy atom. The van der Waals surface area contributed by atoms with E-state index >= 15 is 0 Å². The van der Waals surface area contributed by atoms with Crippen molar-refractivity contribution < 1.29 is 0 Å². The fraction of sp³-hybridized carbons (Fsp3) is 0.119. The number of fused-ring (bicyclic) bond motifs is 18. The molecule has 0 unspecified atom stereocenters. The molecule has 2 heterocycles. The fourth-order valence-corrected chi connectivity index (χ4v) is 19.7. The van der Waals surface area contributed by atoms with E-state index in [9.17, 15) is 0 Å². The second-order valence-electron chi connectivity index (χ2n) is 33.0. The number of rotatable bonds is 9. The van der Waals surface area contributed by atoms with Crippen LogP contribution in [-0.4, -0.2) is 9.13 Å². The van der Waals surface area contributed by atoms with Crippen molar-refractivity contribution in [3.63, 3.8) is 0 Å². The van der Waals surface area contributed by atoms with Gasteiger partial charge in [-0.3, -0.25) is 0 Å². The lowest BCUT2D eigenvalue weighted by Gasteiger charge is -2.29. The van der Waals surface area contributed by atoms with Crippen molar-refractivity contribution in [2.75, 3.05) is 10.2 Å². The minimum Gasteiger partial charge on any atom is -0.356 e. The molecule has 0 radical (unpaired) electrons. The number of anilines is 5. The van der Waals surface area contributed by atoms with Gasteiger partial charge in [0.25, 0.3) is 0 Å². The summed E-state index contributed by atoms with van der Waals surface area (Å²) in [7, 11) is 0.